The lowest BCUT2D eigenvalue weighted by Gasteiger charge is -2.28. The summed E-state index contributed by atoms with van der Waals surface area (Å²) in [5.41, 5.74) is 3.38. The van der Waals surface area contributed by atoms with Gasteiger partial charge in [-0.1, -0.05) is 0 Å². The first-order valence-corrected chi connectivity index (χ1v) is 9.92. The Bertz CT molecular complexity index is 1140. The van der Waals surface area contributed by atoms with Crippen molar-refractivity contribution in [2.24, 2.45) is 0 Å². The van der Waals surface area contributed by atoms with E-state index in [1.165, 1.54) is 0 Å². The second-order valence-corrected chi connectivity index (χ2v) is 7.37. The molecule has 4 aromatic heterocycles. The lowest BCUT2D eigenvalue weighted by atomic mass is 9.93. The second-order valence-electron chi connectivity index (χ2n) is 7.37. The molecule has 9 heteroatoms. The molecule has 1 fully saturated rings. The number of ether oxygens (including phenoxy) is 1. The largest absolute Gasteiger partial charge is 0.381 e. The zero-order valence-electron chi connectivity index (χ0n) is 16.5. The van der Waals surface area contributed by atoms with Crippen molar-refractivity contribution in [2.45, 2.75) is 37.8 Å². The van der Waals surface area contributed by atoms with E-state index in [1.54, 1.807) is 17.8 Å². The summed E-state index contributed by atoms with van der Waals surface area (Å²) in [6.45, 7) is 0. The summed E-state index contributed by atoms with van der Waals surface area (Å²) < 4.78 is 7.23. The van der Waals surface area contributed by atoms with Gasteiger partial charge in [-0.3, -0.25) is 0 Å². The molecular weight excluding hydrogens is 368 g/mol. The monoisotopic (exact) mass is 392 g/mol. The fraction of sp³-hybridized carbons (Fsp3) is 0.400. The molecule has 0 bridgehead atoms. The molecule has 0 aliphatic heterocycles. The van der Waals surface area contributed by atoms with Gasteiger partial charge in [-0.25, -0.2) is 9.50 Å². The van der Waals surface area contributed by atoms with Crippen LogP contribution in [0.25, 0.3) is 27.9 Å². The summed E-state index contributed by atoms with van der Waals surface area (Å²) in [5.74, 6) is 1.40. The average molecular weight is 392 g/mol. The lowest BCUT2D eigenvalue weighted by Crippen LogP contribution is -2.29. The normalized spacial score (nSPS) is 19.7. The van der Waals surface area contributed by atoms with Crippen LogP contribution in [0.5, 0.6) is 0 Å². The van der Waals surface area contributed by atoms with Gasteiger partial charge in [-0.15, -0.1) is 0 Å². The van der Waals surface area contributed by atoms with Crippen LogP contribution < -0.4 is 10.6 Å². The van der Waals surface area contributed by atoms with Crippen LogP contribution in [0, 0.1) is 0 Å². The molecule has 1 saturated carbocycles. The third kappa shape index (κ3) is 3.27. The van der Waals surface area contributed by atoms with E-state index in [2.05, 4.69) is 25.7 Å². The van der Waals surface area contributed by atoms with Crippen molar-refractivity contribution in [1.29, 1.82) is 0 Å². The van der Waals surface area contributed by atoms with E-state index in [-0.39, 0.29) is 0 Å². The fourth-order valence-electron chi connectivity index (χ4n) is 4.06. The third-order valence-electron chi connectivity index (χ3n) is 5.64. The quantitative estimate of drug-likeness (QED) is 0.479. The van der Waals surface area contributed by atoms with Crippen molar-refractivity contribution >= 4 is 28.4 Å². The van der Waals surface area contributed by atoms with Gasteiger partial charge in [0.05, 0.1) is 17.2 Å². The average Bonchev–Trinajstić information content (AvgIpc) is 3.40. The molecule has 0 amide bonds. The van der Waals surface area contributed by atoms with E-state index < -0.39 is 0 Å². The maximum absolute atomic E-state index is 5.46. The third-order valence-corrected chi connectivity index (χ3v) is 5.64. The van der Waals surface area contributed by atoms with Crippen molar-refractivity contribution in [2.75, 3.05) is 24.8 Å². The van der Waals surface area contributed by atoms with Gasteiger partial charge in [0.1, 0.15) is 11.5 Å². The second kappa shape index (κ2) is 7.32. The van der Waals surface area contributed by atoms with Gasteiger partial charge in [0.25, 0.3) is 0 Å². The van der Waals surface area contributed by atoms with Gasteiger partial charge in [-0.2, -0.15) is 15.1 Å². The van der Waals surface area contributed by atoms with E-state index in [0.29, 0.717) is 18.1 Å². The van der Waals surface area contributed by atoms with Gasteiger partial charge in [0, 0.05) is 44.4 Å². The molecule has 9 nitrogen and oxygen atoms in total. The fourth-order valence-corrected chi connectivity index (χ4v) is 4.06. The summed E-state index contributed by atoms with van der Waals surface area (Å²) in [6, 6.07) is 4.28. The molecule has 150 valence electrons. The van der Waals surface area contributed by atoms with Gasteiger partial charge >= 0.3 is 0 Å². The van der Waals surface area contributed by atoms with E-state index in [9.17, 15) is 0 Å². The highest BCUT2D eigenvalue weighted by atomic mass is 16.5. The number of hydrogen-bond donors (Lipinski definition) is 3. The first-order valence-electron chi connectivity index (χ1n) is 9.92. The first kappa shape index (κ1) is 17.9. The Balaban J connectivity index is 1.47. The highest BCUT2D eigenvalue weighted by Crippen LogP contribution is 2.32. The molecule has 0 aromatic carbocycles. The van der Waals surface area contributed by atoms with Crippen LogP contribution >= 0.6 is 0 Å². The van der Waals surface area contributed by atoms with Crippen LogP contribution in [0.3, 0.4) is 0 Å². The van der Waals surface area contributed by atoms with E-state index >= 15 is 0 Å². The van der Waals surface area contributed by atoms with Gasteiger partial charge < -0.3 is 20.4 Å². The van der Waals surface area contributed by atoms with Crippen molar-refractivity contribution in [1.82, 2.24) is 29.5 Å². The number of fused-ring (bicyclic) bond motifs is 2. The van der Waals surface area contributed by atoms with Crippen molar-refractivity contribution < 1.29 is 4.74 Å². The summed E-state index contributed by atoms with van der Waals surface area (Å²) in [5, 5.41) is 12.3. The number of imidazole rings is 1. The summed E-state index contributed by atoms with van der Waals surface area (Å²) in [4.78, 5) is 17.0. The minimum atomic E-state index is 0.364. The summed E-state index contributed by atoms with van der Waals surface area (Å²) in [6.07, 6.45) is 10.1. The highest BCUT2D eigenvalue weighted by molar-refractivity contribution is 6.00. The molecule has 4 heterocycles. The molecule has 29 heavy (non-hydrogen) atoms. The van der Waals surface area contributed by atoms with E-state index in [1.807, 2.05) is 31.6 Å². The Morgan fingerprint density at radius 2 is 2.03 bits per heavy atom. The maximum atomic E-state index is 5.46. The molecule has 0 unspecified atom stereocenters. The molecule has 3 N–H and O–H groups in total. The molecule has 0 saturated heterocycles. The Kier molecular flexibility index (Phi) is 4.51. The molecule has 1 aliphatic rings. The molecule has 5 rings (SSSR count). The summed E-state index contributed by atoms with van der Waals surface area (Å²) >= 11 is 0. The molecule has 0 radical (unpaired) electrons. The number of anilines is 2. The van der Waals surface area contributed by atoms with Crippen molar-refractivity contribution in [3.8, 4) is 11.3 Å². The number of aromatic amines is 1. The van der Waals surface area contributed by atoms with Gasteiger partial charge in [0.15, 0.2) is 5.65 Å². The molecule has 4 aromatic rings. The molecule has 0 atom stereocenters. The predicted molar refractivity (Wildman–Crippen MR) is 112 cm³/mol. The van der Waals surface area contributed by atoms with Crippen LogP contribution in [0.4, 0.5) is 11.8 Å². The number of nitrogens with one attached hydrogen (secondary N) is 3. The minimum Gasteiger partial charge on any atom is -0.381 e. The van der Waals surface area contributed by atoms with Crippen LogP contribution in [0.15, 0.2) is 30.7 Å². The minimum absolute atomic E-state index is 0.364. The number of methoxy groups -OCH3 is 1. The van der Waals surface area contributed by atoms with Gasteiger partial charge in [-0.05, 0) is 37.8 Å². The Labute approximate surface area is 167 Å². The number of aromatic nitrogens is 6. The zero-order valence-corrected chi connectivity index (χ0v) is 16.5. The highest BCUT2D eigenvalue weighted by Gasteiger charge is 2.22. The standard InChI is InChI=1S/C20H24N8O/c1-21-18-17-14(15-7-8-16-22-9-10-28(16)27-15)11-23-19(17)26-20(25-18)24-12-3-5-13(29-2)6-4-12/h7-13H,3-6H2,1-2H3,(H3,21,23,24,25,26)/t12-,13+. The van der Waals surface area contributed by atoms with Crippen LogP contribution in [-0.2, 0) is 4.74 Å². The number of nitrogens with zero attached hydrogens (tertiary/aromatic N) is 5. The van der Waals surface area contributed by atoms with Crippen molar-refractivity contribution in [3.63, 3.8) is 0 Å². The smallest absolute Gasteiger partial charge is 0.226 e. The maximum Gasteiger partial charge on any atom is 0.226 e. The topological polar surface area (TPSA) is 105 Å². The molecule has 0 spiro atoms. The van der Waals surface area contributed by atoms with E-state index in [4.69, 9.17) is 14.7 Å². The number of H-pyrrole nitrogens is 1. The Morgan fingerprint density at radius 3 is 2.83 bits per heavy atom. The zero-order chi connectivity index (χ0) is 19.8. The molecule has 1 aliphatic carbocycles. The number of hydrogen-bond acceptors (Lipinski definition) is 7. The Morgan fingerprint density at radius 1 is 1.17 bits per heavy atom. The van der Waals surface area contributed by atoms with Gasteiger partial charge in [0.2, 0.25) is 5.95 Å². The summed E-state index contributed by atoms with van der Waals surface area (Å²) in [7, 11) is 3.66. The Hall–Kier alpha value is -3.20. The predicted octanol–water partition coefficient (Wildman–Crippen LogP) is 3.08. The SMILES string of the molecule is CNc1nc(N[C@H]2CC[C@@H](OC)CC2)nc2[nH]cc(-c3ccc4nccn4n3)c12. The molecular formula is C20H24N8O. The van der Waals surface area contributed by atoms with Crippen LogP contribution in [0.2, 0.25) is 0 Å². The van der Waals surface area contributed by atoms with Crippen LogP contribution in [-0.4, -0.2) is 55.9 Å². The van der Waals surface area contributed by atoms with E-state index in [0.717, 1.165) is 59.4 Å². The lowest BCUT2D eigenvalue weighted by molar-refractivity contribution is 0.0681. The van der Waals surface area contributed by atoms with Crippen LogP contribution in [0.1, 0.15) is 25.7 Å². The number of rotatable bonds is 5. The van der Waals surface area contributed by atoms with Crippen molar-refractivity contribution in [3.05, 3.63) is 30.7 Å². The first-order chi connectivity index (χ1) is 14.2.